The third-order valence-electron chi connectivity index (χ3n) is 4.09. The number of benzene rings is 1. The average Bonchev–Trinajstić information content (AvgIpc) is 3.00. The van der Waals surface area contributed by atoms with Gasteiger partial charge in [0, 0.05) is 12.2 Å². The summed E-state index contributed by atoms with van der Waals surface area (Å²) in [6, 6.07) is 7.36. The van der Waals surface area contributed by atoms with Crippen molar-refractivity contribution in [2.45, 2.75) is 44.6 Å². The fourth-order valence-electron chi connectivity index (χ4n) is 2.85. The summed E-state index contributed by atoms with van der Waals surface area (Å²) in [5.74, 6) is 0.626. The van der Waals surface area contributed by atoms with Gasteiger partial charge >= 0.3 is 0 Å². The van der Waals surface area contributed by atoms with Crippen molar-refractivity contribution in [1.82, 2.24) is 15.0 Å². The van der Waals surface area contributed by atoms with Gasteiger partial charge in [-0.25, -0.2) is 4.68 Å². The number of aliphatic hydroxyl groups excluding tert-OH is 1. The van der Waals surface area contributed by atoms with Gasteiger partial charge in [0.15, 0.2) is 0 Å². The van der Waals surface area contributed by atoms with Crippen LogP contribution in [0.5, 0.6) is 5.75 Å². The lowest BCUT2D eigenvalue weighted by molar-refractivity contribution is -0.0960. The number of hydrogen-bond acceptors (Lipinski definition) is 6. The summed E-state index contributed by atoms with van der Waals surface area (Å²) in [6.07, 6.45) is 2.70. The molecule has 3 rings (SSSR count). The number of para-hydroxylation sites is 1. The molecule has 2 heterocycles. The van der Waals surface area contributed by atoms with E-state index in [-0.39, 0.29) is 6.61 Å². The van der Waals surface area contributed by atoms with Gasteiger partial charge in [-0.2, -0.15) is 0 Å². The third-order valence-corrected chi connectivity index (χ3v) is 4.09. The third kappa shape index (κ3) is 4.11. The summed E-state index contributed by atoms with van der Waals surface area (Å²) in [5, 5.41) is 28.4. The van der Waals surface area contributed by atoms with Gasteiger partial charge in [0.2, 0.25) is 0 Å². The minimum absolute atomic E-state index is 0.249. The number of hydrogen-bond donors (Lipinski definition) is 2. The van der Waals surface area contributed by atoms with Crippen molar-refractivity contribution in [2.24, 2.45) is 0 Å². The van der Waals surface area contributed by atoms with Crippen LogP contribution in [0.25, 0.3) is 0 Å². The quantitative estimate of drug-likeness (QED) is 0.832. The minimum atomic E-state index is -0.886. The Morgan fingerprint density at radius 3 is 3.00 bits per heavy atom. The second kappa shape index (κ2) is 7.29. The van der Waals surface area contributed by atoms with Crippen LogP contribution in [0.3, 0.4) is 0 Å². The van der Waals surface area contributed by atoms with Gasteiger partial charge in [-0.3, -0.25) is 0 Å². The van der Waals surface area contributed by atoms with E-state index >= 15 is 0 Å². The summed E-state index contributed by atoms with van der Waals surface area (Å²) < 4.78 is 12.7. The zero-order valence-corrected chi connectivity index (χ0v) is 13.8. The SMILES string of the molecule is CC(O)c1ccccc1OCc1cn(CC2(O)CCCOC2)nn1. The molecule has 0 radical (unpaired) electrons. The first-order valence-electron chi connectivity index (χ1n) is 8.15. The highest BCUT2D eigenvalue weighted by Gasteiger charge is 2.31. The number of ether oxygens (including phenoxy) is 2. The first-order valence-corrected chi connectivity index (χ1v) is 8.15. The van der Waals surface area contributed by atoms with Gasteiger partial charge in [0.25, 0.3) is 0 Å². The van der Waals surface area contributed by atoms with Crippen molar-refractivity contribution in [3.63, 3.8) is 0 Å². The smallest absolute Gasteiger partial charge is 0.134 e. The van der Waals surface area contributed by atoms with E-state index in [1.807, 2.05) is 24.3 Å². The highest BCUT2D eigenvalue weighted by atomic mass is 16.5. The van der Waals surface area contributed by atoms with E-state index < -0.39 is 11.7 Å². The summed E-state index contributed by atoms with van der Waals surface area (Å²) in [5.41, 5.74) is 0.512. The Labute approximate surface area is 140 Å². The number of aliphatic hydroxyl groups is 2. The largest absolute Gasteiger partial charge is 0.487 e. The van der Waals surface area contributed by atoms with E-state index in [1.165, 1.54) is 0 Å². The molecule has 0 spiro atoms. The molecule has 1 aromatic carbocycles. The lowest BCUT2D eigenvalue weighted by Crippen LogP contribution is -2.42. The van der Waals surface area contributed by atoms with Crippen LogP contribution in [0.15, 0.2) is 30.5 Å². The van der Waals surface area contributed by atoms with E-state index in [0.29, 0.717) is 37.6 Å². The molecule has 0 amide bonds. The second-order valence-electron chi connectivity index (χ2n) is 6.29. The molecule has 24 heavy (non-hydrogen) atoms. The van der Waals surface area contributed by atoms with E-state index in [0.717, 1.165) is 12.0 Å². The van der Waals surface area contributed by atoms with Gasteiger partial charge in [-0.05, 0) is 25.8 Å². The van der Waals surface area contributed by atoms with E-state index in [9.17, 15) is 10.2 Å². The molecule has 2 N–H and O–H groups in total. The summed E-state index contributed by atoms with van der Waals surface area (Å²) in [6.45, 7) is 3.32. The molecule has 0 aliphatic carbocycles. The predicted molar refractivity (Wildman–Crippen MR) is 86.4 cm³/mol. The summed E-state index contributed by atoms with van der Waals surface area (Å²) in [7, 11) is 0. The fraction of sp³-hybridized carbons (Fsp3) is 0.529. The van der Waals surface area contributed by atoms with Crippen molar-refractivity contribution >= 4 is 0 Å². The van der Waals surface area contributed by atoms with Gasteiger partial charge < -0.3 is 19.7 Å². The Hall–Kier alpha value is -1.96. The van der Waals surface area contributed by atoms with Crippen LogP contribution in [-0.2, 0) is 17.9 Å². The summed E-state index contributed by atoms with van der Waals surface area (Å²) in [4.78, 5) is 0. The molecule has 2 aromatic rings. The van der Waals surface area contributed by atoms with Crippen LogP contribution < -0.4 is 4.74 Å². The number of nitrogens with zero attached hydrogens (tertiary/aromatic N) is 3. The molecule has 1 aliphatic rings. The van der Waals surface area contributed by atoms with E-state index in [1.54, 1.807) is 17.8 Å². The maximum atomic E-state index is 10.5. The molecular formula is C17H23N3O4. The van der Waals surface area contributed by atoms with Crippen LogP contribution in [-0.4, -0.2) is 44.0 Å². The van der Waals surface area contributed by atoms with Crippen LogP contribution in [0.1, 0.15) is 37.1 Å². The Kier molecular flexibility index (Phi) is 5.13. The normalized spacial score (nSPS) is 22.3. The molecule has 1 saturated heterocycles. The Morgan fingerprint density at radius 1 is 1.42 bits per heavy atom. The van der Waals surface area contributed by atoms with Gasteiger partial charge in [0.05, 0.1) is 25.5 Å². The van der Waals surface area contributed by atoms with Crippen LogP contribution in [0.2, 0.25) is 0 Å². The molecule has 2 atom stereocenters. The molecule has 1 aliphatic heterocycles. The summed E-state index contributed by atoms with van der Waals surface area (Å²) >= 11 is 0. The second-order valence-corrected chi connectivity index (χ2v) is 6.29. The van der Waals surface area contributed by atoms with Crippen LogP contribution in [0.4, 0.5) is 0 Å². The molecule has 130 valence electrons. The molecule has 1 aromatic heterocycles. The molecule has 0 saturated carbocycles. The lowest BCUT2D eigenvalue weighted by Gasteiger charge is -2.31. The van der Waals surface area contributed by atoms with Crippen molar-refractivity contribution in [3.8, 4) is 5.75 Å². The monoisotopic (exact) mass is 333 g/mol. The van der Waals surface area contributed by atoms with Gasteiger partial charge in [0.1, 0.15) is 23.7 Å². The minimum Gasteiger partial charge on any atom is -0.487 e. The standard InChI is InChI=1S/C17H23N3O4/c1-13(21)15-5-2-3-6-16(15)24-10-14-9-20(19-18-14)11-17(22)7-4-8-23-12-17/h2-3,5-6,9,13,21-22H,4,7-8,10-12H2,1H3. The highest BCUT2D eigenvalue weighted by molar-refractivity contribution is 5.34. The van der Waals surface area contributed by atoms with Gasteiger partial charge in [-0.1, -0.05) is 23.4 Å². The number of rotatable bonds is 6. The fourth-order valence-corrected chi connectivity index (χ4v) is 2.85. The topological polar surface area (TPSA) is 89.6 Å². The Morgan fingerprint density at radius 2 is 2.25 bits per heavy atom. The Balaban J connectivity index is 1.60. The molecular weight excluding hydrogens is 310 g/mol. The van der Waals surface area contributed by atoms with E-state index in [4.69, 9.17) is 9.47 Å². The highest BCUT2D eigenvalue weighted by Crippen LogP contribution is 2.25. The molecule has 0 bridgehead atoms. The maximum absolute atomic E-state index is 10.5. The number of aromatic nitrogens is 3. The molecule has 7 heteroatoms. The molecule has 7 nitrogen and oxygen atoms in total. The van der Waals surface area contributed by atoms with Crippen LogP contribution in [0, 0.1) is 0 Å². The van der Waals surface area contributed by atoms with Gasteiger partial charge in [-0.15, -0.1) is 5.10 Å². The maximum Gasteiger partial charge on any atom is 0.134 e. The zero-order chi connectivity index (χ0) is 17.0. The van der Waals surface area contributed by atoms with Crippen LogP contribution >= 0.6 is 0 Å². The van der Waals surface area contributed by atoms with Crippen molar-refractivity contribution in [2.75, 3.05) is 13.2 Å². The van der Waals surface area contributed by atoms with Crippen molar-refractivity contribution in [3.05, 3.63) is 41.7 Å². The predicted octanol–water partition coefficient (Wildman–Crippen LogP) is 1.45. The first kappa shape index (κ1) is 16.9. The van der Waals surface area contributed by atoms with Crippen molar-refractivity contribution < 1.29 is 19.7 Å². The van der Waals surface area contributed by atoms with Crippen molar-refractivity contribution in [1.29, 1.82) is 0 Å². The molecule has 1 fully saturated rings. The first-order chi connectivity index (χ1) is 11.6. The van der Waals surface area contributed by atoms with E-state index in [2.05, 4.69) is 10.3 Å². The Bertz CT molecular complexity index is 665. The molecule has 2 unspecified atom stereocenters. The zero-order valence-electron chi connectivity index (χ0n) is 13.8. The average molecular weight is 333 g/mol. The lowest BCUT2D eigenvalue weighted by atomic mass is 9.97.